The van der Waals surface area contributed by atoms with Gasteiger partial charge in [0.2, 0.25) is 25.0 Å². The van der Waals surface area contributed by atoms with Gasteiger partial charge in [0, 0.05) is 6.26 Å². The molecule has 4 aromatic rings. The molecule has 0 aliphatic rings. The van der Waals surface area contributed by atoms with Gasteiger partial charge >= 0.3 is 0 Å². The lowest BCUT2D eigenvalue weighted by atomic mass is 10.3. The first-order chi connectivity index (χ1) is 10.4. The molecule has 4 rings (SSSR count). The topological polar surface area (TPSA) is 111 Å². The van der Waals surface area contributed by atoms with Gasteiger partial charge in [-0.05, 0) is 12.1 Å². The van der Waals surface area contributed by atoms with E-state index in [0.29, 0.717) is 21.8 Å². The second kappa shape index (κ2) is 4.27. The fraction of sp³-hybridized carbons (Fsp3) is 0.0833. The van der Waals surface area contributed by atoms with Gasteiger partial charge < -0.3 is 9.52 Å². The van der Waals surface area contributed by atoms with E-state index < -0.39 is 9.84 Å². The van der Waals surface area contributed by atoms with Crippen LogP contribution < -0.4 is 0 Å². The van der Waals surface area contributed by atoms with E-state index in [1.807, 2.05) is 0 Å². The number of hydrogen-bond acceptors (Lipinski definition) is 8. The van der Waals surface area contributed by atoms with Crippen LogP contribution in [0.5, 0.6) is 5.75 Å². The number of fused-ring (bicyclic) bond motifs is 2. The van der Waals surface area contributed by atoms with Crippen molar-refractivity contribution in [2.24, 2.45) is 0 Å². The summed E-state index contributed by atoms with van der Waals surface area (Å²) in [5.74, 6) is 0.206. The first-order valence-corrected chi connectivity index (χ1v) is 8.78. The molecule has 22 heavy (non-hydrogen) atoms. The molecule has 3 heterocycles. The highest BCUT2D eigenvalue weighted by Crippen LogP contribution is 2.30. The molecule has 0 unspecified atom stereocenters. The first kappa shape index (κ1) is 13.2. The van der Waals surface area contributed by atoms with Gasteiger partial charge in [0.05, 0.1) is 6.20 Å². The number of sulfone groups is 1. The Bertz CT molecular complexity index is 1120. The van der Waals surface area contributed by atoms with Crippen molar-refractivity contribution in [2.75, 3.05) is 6.26 Å². The monoisotopic (exact) mass is 336 g/mol. The molecule has 0 saturated carbocycles. The van der Waals surface area contributed by atoms with Crippen LogP contribution >= 0.6 is 11.3 Å². The SMILES string of the molecule is CS(=O)(=O)c1nn2c(-c3nc4c(O)cccc4o3)cnc2s1. The summed E-state index contributed by atoms with van der Waals surface area (Å²) in [5.41, 5.74) is 1.16. The number of rotatable bonds is 2. The number of aromatic nitrogens is 4. The number of hydrogen-bond donors (Lipinski definition) is 1. The number of para-hydroxylation sites is 1. The van der Waals surface area contributed by atoms with E-state index in [4.69, 9.17) is 4.42 Å². The van der Waals surface area contributed by atoms with Crippen LogP contribution in [0.1, 0.15) is 0 Å². The zero-order chi connectivity index (χ0) is 15.5. The van der Waals surface area contributed by atoms with Gasteiger partial charge in [-0.1, -0.05) is 17.4 Å². The van der Waals surface area contributed by atoms with E-state index >= 15 is 0 Å². The molecule has 1 aromatic carbocycles. The molecule has 112 valence electrons. The highest BCUT2D eigenvalue weighted by molar-refractivity contribution is 7.92. The molecule has 10 heteroatoms. The quantitative estimate of drug-likeness (QED) is 0.593. The predicted octanol–water partition coefficient (Wildman–Crippen LogP) is 1.71. The zero-order valence-corrected chi connectivity index (χ0v) is 12.7. The molecule has 0 aliphatic carbocycles. The Kier molecular flexibility index (Phi) is 2.57. The summed E-state index contributed by atoms with van der Waals surface area (Å²) >= 11 is 0.964. The molecular weight excluding hydrogens is 328 g/mol. The van der Waals surface area contributed by atoms with Crippen LogP contribution in [0.2, 0.25) is 0 Å². The molecule has 3 aromatic heterocycles. The Hall–Kier alpha value is -2.46. The molecule has 0 fully saturated rings. The normalized spacial score (nSPS) is 12.4. The maximum absolute atomic E-state index is 11.6. The van der Waals surface area contributed by atoms with Gasteiger partial charge in [-0.15, -0.1) is 5.10 Å². The molecule has 0 aliphatic heterocycles. The van der Waals surface area contributed by atoms with Gasteiger partial charge in [0.1, 0.15) is 11.4 Å². The third-order valence-electron chi connectivity index (χ3n) is 3.00. The number of phenols is 1. The van der Waals surface area contributed by atoms with Crippen LogP contribution in [0, 0.1) is 0 Å². The number of nitrogens with zero attached hydrogens (tertiary/aromatic N) is 4. The highest BCUT2D eigenvalue weighted by Gasteiger charge is 2.20. The molecule has 0 bridgehead atoms. The Morgan fingerprint density at radius 3 is 2.91 bits per heavy atom. The first-order valence-electron chi connectivity index (χ1n) is 6.07. The smallest absolute Gasteiger partial charge is 0.248 e. The molecule has 0 radical (unpaired) electrons. The number of benzene rings is 1. The summed E-state index contributed by atoms with van der Waals surface area (Å²) < 4.78 is 30.0. The number of phenolic OH excluding ortho intramolecular Hbond substituents is 1. The minimum Gasteiger partial charge on any atom is -0.506 e. The third kappa shape index (κ3) is 1.88. The molecular formula is C12H8N4O4S2. The Morgan fingerprint density at radius 2 is 2.18 bits per heavy atom. The van der Waals surface area contributed by atoms with Crippen molar-refractivity contribution < 1.29 is 17.9 Å². The lowest BCUT2D eigenvalue weighted by Crippen LogP contribution is -1.98. The lowest BCUT2D eigenvalue weighted by molar-refractivity contribution is 0.480. The third-order valence-corrected chi connectivity index (χ3v) is 5.59. The molecule has 8 nitrogen and oxygen atoms in total. The van der Waals surface area contributed by atoms with Crippen molar-refractivity contribution in [2.45, 2.75) is 4.34 Å². The van der Waals surface area contributed by atoms with E-state index in [0.717, 1.165) is 17.6 Å². The van der Waals surface area contributed by atoms with Gasteiger partial charge in [-0.3, -0.25) is 0 Å². The van der Waals surface area contributed by atoms with Gasteiger partial charge in [0.15, 0.2) is 11.1 Å². The van der Waals surface area contributed by atoms with Crippen molar-refractivity contribution in [3.63, 3.8) is 0 Å². The van der Waals surface area contributed by atoms with E-state index in [9.17, 15) is 13.5 Å². The van der Waals surface area contributed by atoms with Crippen LogP contribution in [0.15, 0.2) is 33.2 Å². The van der Waals surface area contributed by atoms with Crippen molar-refractivity contribution in [3.8, 4) is 17.3 Å². The second-order valence-electron chi connectivity index (χ2n) is 4.62. The standard InChI is InChI=1S/C12H8N4O4S2/c1-22(18,19)12-15-16-6(5-13-11(16)21-12)10-14-9-7(17)3-2-4-8(9)20-10/h2-5,17H,1H3. The number of oxazole rings is 1. The zero-order valence-electron chi connectivity index (χ0n) is 11.1. The number of imidazole rings is 1. The summed E-state index contributed by atoms with van der Waals surface area (Å²) in [6, 6.07) is 4.82. The van der Waals surface area contributed by atoms with Crippen molar-refractivity contribution in [3.05, 3.63) is 24.4 Å². The minimum atomic E-state index is -3.41. The Morgan fingerprint density at radius 1 is 1.36 bits per heavy atom. The van der Waals surface area contributed by atoms with Crippen molar-refractivity contribution in [1.82, 2.24) is 19.6 Å². The summed E-state index contributed by atoms with van der Waals surface area (Å²) in [4.78, 5) is 8.75. The largest absolute Gasteiger partial charge is 0.506 e. The van der Waals surface area contributed by atoms with Crippen LogP contribution in [-0.4, -0.2) is 39.4 Å². The number of aromatic hydroxyl groups is 1. The van der Waals surface area contributed by atoms with E-state index in [1.54, 1.807) is 12.1 Å². The average Bonchev–Trinajstić information content (AvgIpc) is 3.09. The van der Waals surface area contributed by atoms with Crippen molar-refractivity contribution >= 4 is 37.2 Å². The summed E-state index contributed by atoms with van der Waals surface area (Å²) in [6.07, 6.45) is 2.58. The van der Waals surface area contributed by atoms with E-state index in [2.05, 4.69) is 15.1 Å². The molecule has 0 saturated heterocycles. The maximum atomic E-state index is 11.6. The van der Waals surface area contributed by atoms with E-state index in [1.165, 1.54) is 16.8 Å². The predicted molar refractivity (Wildman–Crippen MR) is 78.6 cm³/mol. The summed E-state index contributed by atoms with van der Waals surface area (Å²) in [6.45, 7) is 0. The van der Waals surface area contributed by atoms with Gasteiger partial charge in [-0.25, -0.2) is 18.4 Å². The highest BCUT2D eigenvalue weighted by atomic mass is 32.2. The minimum absolute atomic E-state index is 0.00311. The molecule has 0 spiro atoms. The van der Waals surface area contributed by atoms with Crippen molar-refractivity contribution in [1.29, 1.82) is 0 Å². The van der Waals surface area contributed by atoms with Crippen LogP contribution in [0.3, 0.4) is 0 Å². The molecule has 0 atom stereocenters. The lowest BCUT2D eigenvalue weighted by Gasteiger charge is -1.90. The fourth-order valence-electron chi connectivity index (χ4n) is 2.01. The fourth-order valence-corrected chi connectivity index (χ4v) is 3.68. The van der Waals surface area contributed by atoms with Gasteiger partial charge in [-0.2, -0.15) is 4.52 Å². The van der Waals surface area contributed by atoms with Crippen LogP contribution in [-0.2, 0) is 9.84 Å². The summed E-state index contributed by atoms with van der Waals surface area (Å²) in [7, 11) is -3.41. The average molecular weight is 336 g/mol. The maximum Gasteiger partial charge on any atom is 0.248 e. The van der Waals surface area contributed by atoms with Crippen LogP contribution in [0.4, 0.5) is 0 Å². The summed E-state index contributed by atoms with van der Waals surface area (Å²) in [5, 5.41) is 13.8. The Labute approximate surface area is 127 Å². The van der Waals surface area contributed by atoms with Crippen LogP contribution in [0.25, 0.3) is 27.6 Å². The van der Waals surface area contributed by atoms with E-state index in [-0.39, 0.29) is 16.0 Å². The molecule has 1 N–H and O–H groups in total. The second-order valence-corrected chi connectivity index (χ2v) is 7.77. The van der Waals surface area contributed by atoms with Gasteiger partial charge in [0.25, 0.3) is 0 Å². The molecule has 0 amide bonds. The Balaban J connectivity index is 1.96.